The van der Waals surface area contributed by atoms with Gasteiger partial charge in [-0.2, -0.15) is 0 Å². The summed E-state index contributed by atoms with van der Waals surface area (Å²) in [5.74, 6) is -1.38. The van der Waals surface area contributed by atoms with Crippen LogP contribution < -0.4 is 0 Å². The Morgan fingerprint density at radius 3 is 0.716 bits per heavy atom. The SMILES string of the molecule is CCCCCCCCCCCCCCCCCCCCCCCC(=O)O[C@H](COC(=O)CCCCCCCCCCCCCCCCC)COP(=O)(O)OC[C@@H](O)COP(=O)(O)OC[C@@H](COC(=O)CCCCCCCCC)OC(=O)CCCCCCCCCCCC(C)C. The van der Waals surface area contributed by atoms with Crippen molar-refractivity contribution in [2.45, 2.75) is 419 Å². The van der Waals surface area contributed by atoms with E-state index in [2.05, 4.69) is 34.6 Å². The number of ether oxygens (including phenoxy) is 4. The second-order valence-corrected chi connectivity index (χ2v) is 30.8. The van der Waals surface area contributed by atoms with E-state index in [-0.39, 0.29) is 25.7 Å². The van der Waals surface area contributed by atoms with Gasteiger partial charge >= 0.3 is 39.5 Å². The summed E-state index contributed by atoms with van der Waals surface area (Å²) in [6.45, 7) is 7.22. The van der Waals surface area contributed by atoms with Crippen molar-refractivity contribution in [3.05, 3.63) is 0 Å². The average Bonchev–Trinajstić information content (AvgIpc) is 2.88. The highest BCUT2D eigenvalue weighted by atomic mass is 31.2. The predicted octanol–water partition coefficient (Wildman–Crippen LogP) is 22.5. The Morgan fingerprint density at radius 2 is 0.484 bits per heavy atom. The van der Waals surface area contributed by atoms with Gasteiger partial charge in [-0.25, -0.2) is 9.13 Å². The molecule has 0 aliphatic heterocycles. The molecule has 0 heterocycles. The zero-order valence-electron chi connectivity index (χ0n) is 61.8. The fraction of sp³-hybridized carbons (Fsp3) is 0.947. The Hall–Kier alpha value is -1.94. The van der Waals surface area contributed by atoms with Gasteiger partial charge in [0.15, 0.2) is 12.2 Å². The molecule has 0 radical (unpaired) electrons. The number of hydrogen-bond acceptors (Lipinski definition) is 15. The van der Waals surface area contributed by atoms with Crippen LogP contribution in [0.4, 0.5) is 0 Å². The number of aliphatic hydroxyl groups is 1. The van der Waals surface area contributed by atoms with Crippen LogP contribution in [0.3, 0.4) is 0 Å². The molecule has 0 amide bonds. The molecule has 19 heteroatoms. The highest BCUT2D eigenvalue weighted by Crippen LogP contribution is 2.45. The van der Waals surface area contributed by atoms with Gasteiger partial charge in [0.1, 0.15) is 19.3 Å². The molecule has 0 aromatic carbocycles. The third kappa shape index (κ3) is 70.3. The number of rotatable bonds is 76. The van der Waals surface area contributed by atoms with E-state index in [0.29, 0.717) is 25.7 Å². The molecule has 0 aliphatic carbocycles. The summed E-state index contributed by atoms with van der Waals surface area (Å²) in [6.07, 6.45) is 58.5. The Labute approximate surface area is 581 Å². The van der Waals surface area contributed by atoms with E-state index in [1.807, 2.05) is 0 Å². The molecule has 0 aromatic rings. The lowest BCUT2D eigenvalue weighted by molar-refractivity contribution is -0.161. The topological polar surface area (TPSA) is 237 Å². The number of hydrogen-bond donors (Lipinski definition) is 3. The molecular weight excluding hydrogens is 1250 g/mol. The minimum Gasteiger partial charge on any atom is -0.462 e. The van der Waals surface area contributed by atoms with Crippen molar-refractivity contribution < 1.29 is 80.2 Å². The van der Waals surface area contributed by atoms with Crippen molar-refractivity contribution in [1.82, 2.24) is 0 Å². The van der Waals surface area contributed by atoms with Gasteiger partial charge < -0.3 is 33.8 Å². The minimum atomic E-state index is -4.96. The van der Waals surface area contributed by atoms with Gasteiger partial charge in [0.05, 0.1) is 26.4 Å². The van der Waals surface area contributed by atoms with E-state index >= 15 is 0 Å². The number of phosphoric ester groups is 2. The summed E-state index contributed by atoms with van der Waals surface area (Å²) >= 11 is 0. The molecule has 95 heavy (non-hydrogen) atoms. The monoisotopic (exact) mass is 1400 g/mol. The van der Waals surface area contributed by atoms with Crippen molar-refractivity contribution in [2.24, 2.45) is 5.92 Å². The van der Waals surface area contributed by atoms with Gasteiger partial charge in [-0.15, -0.1) is 0 Å². The molecule has 5 atom stereocenters. The highest BCUT2D eigenvalue weighted by Gasteiger charge is 2.30. The van der Waals surface area contributed by atoms with Crippen LogP contribution in [-0.2, 0) is 65.4 Å². The lowest BCUT2D eigenvalue weighted by atomic mass is 10.0. The zero-order chi connectivity index (χ0) is 69.8. The summed E-state index contributed by atoms with van der Waals surface area (Å²) in [7, 11) is -9.90. The van der Waals surface area contributed by atoms with Gasteiger partial charge in [0.25, 0.3) is 0 Å². The van der Waals surface area contributed by atoms with E-state index < -0.39 is 97.5 Å². The highest BCUT2D eigenvalue weighted by molar-refractivity contribution is 7.47. The lowest BCUT2D eigenvalue weighted by Crippen LogP contribution is -2.30. The minimum absolute atomic E-state index is 0.105. The maximum absolute atomic E-state index is 13.1. The molecule has 0 bridgehead atoms. The summed E-state index contributed by atoms with van der Waals surface area (Å²) < 4.78 is 68.4. The first kappa shape index (κ1) is 93.1. The van der Waals surface area contributed by atoms with Gasteiger partial charge in [-0.05, 0) is 31.6 Å². The van der Waals surface area contributed by atoms with Crippen LogP contribution >= 0.6 is 15.6 Å². The van der Waals surface area contributed by atoms with Crippen molar-refractivity contribution in [3.63, 3.8) is 0 Å². The van der Waals surface area contributed by atoms with Crippen LogP contribution in [0.25, 0.3) is 0 Å². The van der Waals surface area contributed by atoms with E-state index in [9.17, 15) is 43.2 Å². The van der Waals surface area contributed by atoms with E-state index in [1.165, 1.54) is 212 Å². The van der Waals surface area contributed by atoms with Crippen molar-refractivity contribution in [3.8, 4) is 0 Å². The van der Waals surface area contributed by atoms with Crippen LogP contribution in [0.2, 0.25) is 0 Å². The number of phosphoric acid groups is 2. The molecule has 2 unspecified atom stereocenters. The summed E-state index contributed by atoms with van der Waals surface area (Å²) in [5, 5.41) is 10.6. The van der Waals surface area contributed by atoms with E-state index in [1.54, 1.807) is 0 Å². The third-order valence-corrected chi connectivity index (χ3v) is 19.7. The van der Waals surface area contributed by atoms with Gasteiger partial charge in [-0.3, -0.25) is 37.3 Å². The molecule has 3 N–H and O–H groups in total. The first-order valence-corrected chi connectivity index (χ1v) is 42.6. The predicted molar refractivity (Wildman–Crippen MR) is 386 cm³/mol. The summed E-state index contributed by atoms with van der Waals surface area (Å²) in [4.78, 5) is 72.6. The van der Waals surface area contributed by atoms with Crippen LogP contribution in [0.1, 0.15) is 401 Å². The molecule has 0 saturated heterocycles. The second kappa shape index (κ2) is 69.2. The van der Waals surface area contributed by atoms with Crippen molar-refractivity contribution in [1.29, 1.82) is 0 Å². The quantitative estimate of drug-likeness (QED) is 0.0222. The second-order valence-electron chi connectivity index (χ2n) is 27.9. The zero-order valence-corrected chi connectivity index (χ0v) is 63.6. The maximum Gasteiger partial charge on any atom is 0.472 e. The normalized spacial score (nSPS) is 13.9. The smallest absolute Gasteiger partial charge is 0.462 e. The Morgan fingerprint density at radius 1 is 0.284 bits per heavy atom. The molecule has 0 saturated carbocycles. The molecule has 0 fully saturated rings. The largest absolute Gasteiger partial charge is 0.472 e. The molecular formula is C76H148O17P2. The van der Waals surface area contributed by atoms with Crippen LogP contribution in [-0.4, -0.2) is 96.7 Å². The third-order valence-electron chi connectivity index (χ3n) is 17.8. The van der Waals surface area contributed by atoms with E-state index in [4.69, 9.17) is 37.0 Å². The molecule has 17 nitrogen and oxygen atoms in total. The Bertz CT molecular complexity index is 1820. The molecule has 0 spiro atoms. The molecule has 0 aliphatic rings. The maximum atomic E-state index is 13.1. The molecule has 0 aromatic heterocycles. The molecule has 564 valence electrons. The first-order chi connectivity index (χ1) is 46.0. The van der Waals surface area contributed by atoms with Gasteiger partial charge in [0.2, 0.25) is 0 Å². The number of esters is 4. The summed E-state index contributed by atoms with van der Waals surface area (Å²) in [5.41, 5.74) is 0. The van der Waals surface area contributed by atoms with Crippen LogP contribution in [0.5, 0.6) is 0 Å². The average molecular weight is 1400 g/mol. The van der Waals surface area contributed by atoms with Crippen LogP contribution in [0.15, 0.2) is 0 Å². The first-order valence-electron chi connectivity index (χ1n) is 39.6. The van der Waals surface area contributed by atoms with Crippen molar-refractivity contribution >= 4 is 39.5 Å². The van der Waals surface area contributed by atoms with Crippen molar-refractivity contribution in [2.75, 3.05) is 39.6 Å². The Kier molecular flexibility index (Phi) is 67.7. The Balaban J connectivity index is 5.16. The fourth-order valence-corrected chi connectivity index (χ4v) is 13.3. The molecule has 0 rings (SSSR count). The van der Waals surface area contributed by atoms with Gasteiger partial charge in [-0.1, -0.05) is 349 Å². The number of carbonyl (C=O) groups is 4. The summed E-state index contributed by atoms with van der Waals surface area (Å²) in [6, 6.07) is 0. The van der Waals surface area contributed by atoms with Crippen LogP contribution in [0, 0.1) is 5.92 Å². The lowest BCUT2D eigenvalue weighted by Gasteiger charge is -2.21. The van der Waals surface area contributed by atoms with Gasteiger partial charge in [0, 0.05) is 25.7 Å². The van der Waals surface area contributed by atoms with E-state index in [0.717, 1.165) is 109 Å². The number of carbonyl (C=O) groups excluding carboxylic acids is 4. The fourth-order valence-electron chi connectivity index (χ4n) is 11.7. The number of unbranched alkanes of at least 4 members (excludes halogenated alkanes) is 48. The standard InChI is InChI=1S/C76H148O17P2/c1-6-9-12-15-18-20-22-24-26-27-28-29-30-31-33-35-37-41-46-51-56-61-75(80)93-72(66-87-74(79)60-55-50-45-40-36-34-32-25-23-21-19-16-13-10-7-2)68-91-95(84,85)89-64-70(77)63-88-94(82,83)90-67-71(65-86-73(78)59-54-49-43-17-14-11-8-3)92-76(81)62-57-52-47-42-38-39-44-48-53-58-69(4)5/h69-72,77H,6-68H2,1-5H3,(H,82,83)(H,84,85)/t70-,71+,72+/m0/s1. The number of aliphatic hydroxyl groups excluding tert-OH is 1.